The quantitative estimate of drug-likeness (QED) is 0.439. The molecule has 0 aliphatic carbocycles. The monoisotopic (exact) mass is 490 g/mol. The molecule has 1 aliphatic rings. The molecule has 8 nitrogen and oxygen atoms in total. The average molecular weight is 491 g/mol. The fourth-order valence-electron chi connectivity index (χ4n) is 4.22. The first-order chi connectivity index (χ1) is 16.8. The van der Waals surface area contributed by atoms with Gasteiger partial charge < -0.3 is 19.9 Å². The Hall–Kier alpha value is -3.59. The number of ether oxygens (including phenoxy) is 1. The van der Waals surface area contributed by atoms with E-state index in [1.54, 1.807) is 18.4 Å². The maximum absolute atomic E-state index is 13.1. The van der Waals surface area contributed by atoms with Crippen LogP contribution >= 0.6 is 11.3 Å². The number of hydrogen-bond acceptors (Lipinski definition) is 7. The molecule has 9 heteroatoms. The molecular weight excluding hydrogens is 460 g/mol. The van der Waals surface area contributed by atoms with Crippen LogP contribution in [0.2, 0.25) is 0 Å². The third kappa shape index (κ3) is 4.68. The zero-order valence-corrected chi connectivity index (χ0v) is 21.3. The minimum absolute atomic E-state index is 0.000193. The Bertz CT molecular complexity index is 1330. The summed E-state index contributed by atoms with van der Waals surface area (Å²) in [7, 11) is 1.59. The van der Waals surface area contributed by atoms with Gasteiger partial charge >= 0.3 is 0 Å². The van der Waals surface area contributed by atoms with E-state index in [1.807, 2.05) is 51.9 Å². The number of imidazole rings is 1. The highest BCUT2D eigenvalue weighted by Gasteiger charge is 2.27. The Morgan fingerprint density at radius 3 is 2.37 bits per heavy atom. The molecule has 1 amide bonds. The van der Waals surface area contributed by atoms with Crippen LogP contribution in [0.15, 0.2) is 54.6 Å². The number of carbonyl (C=O) groups excluding carboxylic acids is 1. The summed E-state index contributed by atoms with van der Waals surface area (Å²) in [5.74, 6) is 1.50. The summed E-state index contributed by atoms with van der Waals surface area (Å²) in [5, 5.41) is 9.45. The van der Waals surface area contributed by atoms with Gasteiger partial charge in [0.15, 0.2) is 5.82 Å². The van der Waals surface area contributed by atoms with Crippen molar-refractivity contribution in [1.29, 1.82) is 0 Å². The van der Waals surface area contributed by atoms with E-state index in [4.69, 9.17) is 14.8 Å². The first-order valence-corrected chi connectivity index (χ1v) is 12.6. The number of para-hydroxylation sites is 1. The molecule has 2 aromatic carbocycles. The minimum Gasteiger partial charge on any atom is -0.496 e. The van der Waals surface area contributed by atoms with Gasteiger partial charge in [-0.25, -0.2) is 4.98 Å². The summed E-state index contributed by atoms with van der Waals surface area (Å²) < 4.78 is 7.29. The Morgan fingerprint density at radius 1 is 1.00 bits per heavy atom. The van der Waals surface area contributed by atoms with Crippen LogP contribution in [0.5, 0.6) is 5.75 Å². The van der Waals surface area contributed by atoms with Crippen molar-refractivity contribution in [3.05, 3.63) is 60.2 Å². The number of nitrogens with one attached hydrogen (secondary N) is 1. The van der Waals surface area contributed by atoms with Crippen molar-refractivity contribution in [3.63, 3.8) is 0 Å². The molecule has 0 radical (unpaired) electrons. The molecular formula is C26H30N6O2S. The number of amides is 1. The summed E-state index contributed by atoms with van der Waals surface area (Å²) in [5.41, 5.74) is 2.41. The van der Waals surface area contributed by atoms with E-state index >= 15 is 0 Å². The molecule has 2 aromatic heterocycles. The van der Waals surface area contributed by atoms with Crippen molar-refractivity contribution in [2.45, 2.75) is 26.3 Å². The fraction of sp³-hybridized carbons (Fsp3) is 0.346. The van der Waals surface area contributed by atoms with Crippen LogP contribution in [0, 0.1) is 0 Å². The minimum atomic E-state index is -0.145. The van der Waals surface area contributed by atoms with Crippen LogP contribution in [0.4, 0.5) is 10.9 Å². The molecule has 0 atom stereocenters. The van der Waals surface area contributed by atoms with Crippen LogP contribution in [0.3, 0.4) is 0 Å². The Morgan fingerprint density at radius 2 is 1.69 bits per heavy atom. The van der Waals surface area contributed by atoms with Crippen molar-refractivity contribution >= 4 is 33.2 Å². The molecule has 1 fully saturated rings. The van der Waals surface area contributed by atoms with E-state index in [9.17, 15) is 4.79 Å². The summed E-state index contributed by atoms with van der Waals surface area (Å²) in [6.07, 6.45) is 0. The van der Waals surface area contributed by atoms with Gasteiger partial charge in [0.2, 0.25) is 10.1 Å². The number of methoxy groups -OCH3 is 1. The topological polar surface area (TPSA) is 75.0 Å². The van der Waals surface area contributed by atoms with E-state index in [2.05, 4.69) is 43.1 Å². The number of hydrogen-bond donors (Lipinski definition) is 1. The summed E-state index contributed by atoms with van der Waals surface area (Å²) >= 11 is 1.57. The van der Waals surface area contributed by atoms with Gasteiger partial charge in [0.25, 0.3) is 5.91 Å². The van der Waals surface area contributed by atoms with Crippen LogP contribution in [-0.2, 0) is 0 Å². The van der Waals surface area contributed by atoms with E-state index in [-0.39, 0.29) is 11.4 Å². The lowest BCUT2D eigenvalue weighted by Gasteiger charge is -2.34. The van der Waals surface area contributed by atoms with Crippen molar-refractivity contribution in [3.8, 4) is 17.0 Å². The molecule has 4 aromatic rings. The van der Waals surface area contributed by atoms with Crippen molar-refractivity contribution in [2.75, 3.05) is 43.5 Å². The summed E-state index contributed by atoms with van der Waals surface area (Å²) in [6.45, 7) is 9.07. The predicted octanol–water partition coefficient (Wildman–Crippen LogP) is 4.64. The highest BCUT2D eigenvalue weighted by molar-refractivity contribution is 7.20. The molecule has 5 rings (SSSR count). The number of rotatable bonds is 5. The summed E-state index contributed by atoms with van der Waals surface area (Å²) in [4.78, 5) is 23.0. The van der Waals surface area contributed by atoms with Crippen LogP contribution in [-0.4, -0.2) is 64.2 Å². The third-order valence-corrected chi connectivity index (χ3v) is 6.88. The number of fused-ring (bicyclic) bond motifs is 1. The Labute approximate surface area is 209 Å². The molecule has 3 heterocycles. The third-order valence-electron chi connectivity index (χ3n) is 5.91. The van der Waals surface area contributed by atoms with Gasteiger partial charge in [-0.3, -0.25) is 4.79 Å². The molecule has 0 saturated carbocycles. The number of benzene rings is 2. The van der Waals surface area contributed by atoms with Gasteiger partial charge in [-0.15, -0.1) is 5.10 Å². The summed E-state index contributed by atoms with van der Waals surface area (Å²) in [6, 6.07) is 17.6. The maximum Gasteiger partial charge on any atom is 0.257 e. The smallest absolute Gasteiger partial charge is 0.257 e. The lowest BCUT2D eigenvalue weighted by molar-refractivity contribution is 0.0743. The second kappa shape index (κ2) is 9.22. The zero-order chi connectivity index (χ0) is 24.6. The lowest BCUT2D eigenvalue weighted by Crippen LogP contribution is -2.48. The molecule has 1 aliphatic heterocycles. The normalized spacial score (nSPS) is 14.4. The van der Waals surface area contributed by atoms with Crippen molar-refractivity contribution in [1.82, 2.24) is 19.5 Å². The van der Waals surface area contributed by atoms with Crippen molar-refractivity contribution in [2.24, 2.45) is 0 Å². The highest BCUT2D eigenvalue weighted by Crippen LogP contribution is 2.35. The average Bonchev–Trinajstić information content (AvgIpc) is 3.42. The predicted molar refractivity (Wildman–Crippen MR) is 141 cm³/mol. The number of nitrogens with zero attached hydrogens (tertiary/aromatic N) is 5. The largest absolute Gasteiger partial charge is 0.496 e. The first-order valence-electron chi connectivity index (χ1n) is 11.7. The standard InChI is InChI=1S/C26H30N6O2S/c1-26(2,3)28-22-21(18-10-6-5-7-11-18)27-24-32(22)29-25(35-24)31-16-14-30(15-17-31)23(33)19-12-8-9-13-20(19)34-4/h5-13,28H,14-17H2,1-4H3. The molecule has 35 heavy (non-hydrogen) atoms. The van der Waals surface area contributed by atoms with Crippen LogP contribution < -0.4 is 15.0 Å². The van der Waals surface area contributed by atoms with E-state index in [0.29, 0.717) is 37.5 Å². The molecule has 0 spiro atoms. The van der Waals surface area contributed by atoms with E-state index in [1.165, 1.54) is 0 Å². The van der Waals surface area contributed by atoms with Gasteiger partial charge in [0, 0.05) is 37.3 Å². The molecule has 1 saturated heterocycles. The Balaban J connectivity index is 1.37. The molecule has 182 valence electrons. The van der Waals surface area contributed by atoms with E-state index < -0.39 is 0 Å². The Kier molecular flexibility index (Phi) is 6.10. The second-order valence-electron chi connectivity index (χ2n) is 9.61. The SMILES string of the molecule is COc1ccccc1C(=O)N1CCN(c2nn3c(NC(C)(C)C)c(-c4ccccc4)nc3s2)CC1. The van der Waals surface area contributed by atoms with Gasteiger partial charge in [0.1, 0.15) is 11.4 Å². The van der Waals surface area contributed by atoms with E-state index in [0.717, 1.165) is 27.2 Å². The highest BCUT2D eigenvalue weighted by atomic mass is 32.1. The lowest BCUT2D eigenvalue weighted by atomic mass is 10.1. The van der Waals surface area contributed by atoms with Crippen LogP contribution in [0.1, 0.15) is 31.1 Å². The number of piperazine rings is 1. The molecule has 1 N–H and O–H groups in total. The van der Waals surface area contributed by atoms with Crippen LogP contribution in [0.25, 0.3) is 16.2 Å². The van der Waals surface area contributed by atoms with Crippen molar-refractivity contribution < 1.29 is 9.53 Å². The maximum atomic E-state index is 13.1. The number of anilines is 2. The van der Waals surface area contributed by atoms with Gasteiger partial charge in [-0.1, -0.05) is 53.8 Å². The van der Waals surface area contributed by atoms with Gasteiger partial charge in [0.05, 0.1) is 12.7 Å². The molecule has 0 unspecified atom stereocenters. The van der Waals surface area contributed by atoms with Gasteiger partial charge in [-0.2, -0.15) is 4.52 Å². The molecule has 0 bridgehead atoms. The fourth-order valence-corrected chi connectivity index (χ4v) is 5.18. The number of carbonyl (C=O) groups is 1. The van der Waals surface area contributed by atoms with Gasteiger partial charge in [-0.05, 0) is 32.9 Å². The second-order valence-corrected chi connectivity index (χ2v) is 10.5. The zero-order valence-electron chi connectivity index (χ0n) is 20.5. The number of aromatic nitrogens is 3. The first kappa shape index (κ1) is 23.2.